The lowest BCUT2D eigenvalue weighted by Crippen LogP contribution is -2.00. The lowest BCUT2D eigenvalue weighted by Gasteiger charge is -2.09. The summed E-state index contributed by atoms with van der Waals surface area (Å²) in [6.45, 7) is 4.15. The molecular formula is C24H18N6. The first-order chi connectivity index (χ1) is 14.7. The highest BCUT2D eigenvalue weighted by Crippen LogP contribution is 2.29. The number of para-hydroxylation sites is 2. The average Bonchev–Trinajstić information content (AvgIpc) is 3.40. The molecule has 30 heavy (non-hydrogen) atoms. The summed E-state index contributed by atoms with van der Waals surface area (Å²) in [4.78, 5) is 0. The number of rotatable bonds is 2. The molecule has 0 radical (unpaired) electrons. The van der Waals surface area contributed by atoms with Crippen molar-refractivity contribution < 1.29 is 0 Å². The van der Waals surface area contributed by atoms with Crippen LogP contribution in [0.5, 0.6) is 0 Å². The zero-order valence-electron chi connectivity index (χ0n) is 16.6. The summed E-state index contributed by atoms with van der Waals surface area (Å²) in [5, 5.41) is 18.1. The van der Waals surface area contributed by atoms with Gasteiger partial charge in [0.1, 0.15) is 0 Å². The Hall–Kier alpha value is -4.06. The number of aromatic nitrogens is 6. The van der Waals surface area contributed by atoms with E-state index in [4.69, 9.17) is 0 Å². The molecule has 3 aromatic carbocycles. The number of aryl methyl sites for hydroxylation is 2. The van der Waals surface area contributed by atoms with E-state index in [9.17, 15) is 0 Å². The highest BCUT2D eigenvalue weighted by Gasteiger charge is 2.20. The smallest absolute Gasteiger partial charge is 0.207 e. The van der Waals surface area contributed by atoms with Gasteiger partial charge in [-0.15, -0.1) is 20.4 Å². The van der Waals surface area contributed by atoms with Crippen LogP contribution < -0.4 is 0 Å². The molecule has 0 fully saturated rings. The first-order valence-electron chi connectivity index (χ1n) is 9.86. The van der Waals surface area contributed by atoms with Gasteiger partial charge < -0.3 is 0 Å². The van der Waals surface area contributed by atoms with Gasteiger partial charge in [-0.1, -0.05) is 71.8 Å². The molecule has 0 spiro atoms. The van der Waals surface area contributed by atoms with Crippen LogP contribution in [0.4, 0.5) is 0 Å². The van der Waals surface area contributed by atoms with Crippen LogP contribution in [0, 0.1) is 13.8 Å². The lowest BCUT2D eigenvalue weighted by molar-refractivity contribution is 1.10. The monoisotopic (exact) mass is 390 g/mol. The average molecular weight is 390 g/mol. The molecule has 0 unspecified atom stereocenters. The van der Waals surface area contributed by atoms with Crippen molar-refractivity contribution in [2.45, 2.75) is 13.8 Å². The second kappa shape index (κ2) is 6.22. The molecule has 3 heterocycles. The number of hydrogen-bond acceptors (Lipinski definition) is 4. The first kappa shape index (κ1) is 16.9. The van der Waals surface area contributed by atoms with E-state index < -0.39 is 0 Å². The summed E-state index contributed by atoms with van der Waals surface area (Å²) in [6, 6.07) is 24.9. The molecule has 0 aliphatic carbocycles. The van der Waals surface area contributed by atoms with Gasteiger partial charge in [-0.25, -0.2) is 0 Å². The van der Waals surface area contributed by atoms with Gasteiger partial charge in [-0.2, -0.15) is 0 Å². The molecule has 0 atom stereocenters. The molecule has 6 aromatic rings. The van der Waals surface area contributed by atoms with E-state index in [0.717, 1.165) is 33.8 Å². The van der Waals surface area contributed by atoms with Crippen molar-refractivity contribution in [3.8, 4) is 22.8 Å². The molecule has 3 aromatic heterocycles. The normalized spacial score (nSPS) is 11.7. The predicted molar refractivity (Wildman–Crippen MR) is 117 cm³/mol. The van der Waals surface area contributed by atoms with Crippen molar-refractivity contribution in [1.82, 2.24) is 29.2 Å². The quantitative estimate of drug-likeness (QED) is 0.423. The molecule has 0 amide bonds. The Labute approximate surface area is 172 Å². The molecule has 144 valence electrons. The molecule has 0 saturated carbocycles. The van der Waals surface area contributed by atoms with Gasteiger partial charge in [-0.05, 0) is 26.0 Å². The Kier molecular flexibility index (Phi) is 3.49. The maximum absolute atomic E-state index is 4.52. The van der Waals surface area contributed by atoms with E-state index in [0.29, 0.717) is 11.3 Å². The van der Waals surface area contributed by atoms with Crippen LogP contribution in [-0.4, -0.2) is 29.2 Å². The lowest BCUT2D eigenvalue weighted by atomic mass is 10.1. The summed E-state index contributed by atoms with van der Waals surface area (Å²) in [5.41, 5.74) is 7.84. The van der Waals surface area contributed by atoms with Gasteiger partial charge in [0.15, 0.2) is 11.6 Å². The van der Waals surface area contributed by atoms with Gasteiger partial charge in [0, 0.05) is 11.1 Å². The van der Waals surface area contributed by atoms with Crippen LogP contribution >= 0.6 is 0 Å². The minimum atomic E-state index is 0.690. The minimum Gasteiger partial charge on any atom is -0.270 e. The Balaban J connectivity index is 1.73. The van der Waals surface area contributed by atoms with Crippen LogP contribution in [-0.2, 0) is 0 Å². The third-order valence-electron chi connectivity index (χ3n) is 5.51. The van der Waals surface area contributed by atoms with Crippen LogP contribution in [0.3, 0.4) is 0 Å². The number of fused-ring (bicyclic) bond motifs is 6. The maximum Gasteiger partial charge on any atom is 0.207 e. The summed E-state index contributed by atoms with van der Waals surface area (Å²) >= 11 is 0. The largest absolute Gasteiger partial charge is 0.270 e. The van der Waals surface area contributed by atoms with Gasteiger partial charge in [0.2, 0.25) is 11.3 Å². The predicted octanol–water partition coefficient (Wildman–Crippen LogP) is 4.88. The third-order valence-corrected chi connectivity index (χ3v) is 5.51. The van der Waals surface area contributed by atoms with E-state index in [1.165, 1.54) is 11.1 Å². The summed E-state index contributed by atoms with van der Waals surface area (Å²) < 4.78 is 4.14. The van der Waals surface area contributed by atoms with E-state index in [2.05, 4.69) is 104 Å². The van der Waals surface area contributed by atoms with E-state index in [1.54, 1.807) is 0 Å². The maximum atomic E-state index is 4.52. The molecule has 6 nitrogen and oxygen atoms in total. The summed E-state index contributed by atoms with van der Waals surface area (Å²) in [5.74, 6) is 1.59. The number of benzene rings is 3. The summed E-state index contributed by atoms with van der Waals surface area (Å²) in [6.07, 6.45) is 0. The van der Waals surface area contributed by atoms with Gasteiger partial charge >= 0.3 is 0 Å². The van der Waals surface area contributed by atoms with Crippen molar-refractivity contribution >= 4 is 22.3 Å². The Bertz CT molecular complexity index is 1420. The molecular weight excluding hydrogens is 372 g/mol. The zero-order valence-corrected chi connectivity index (χ0v) is 16.6. The second-order valence-corrected chi connectivity index (χ2v) is 7.59. The second-order valence-electron chi connectivity index (χ2n) is 7.59. The molecule has 0 bridgehead atoms. The van der Waals surface area contributed by atoms with Gasteiger partial charge in [0.05, 0.1) is 11.0 Å². The van der Waals surface area contributed by atoms with E-state index >= 15 is 0 Å². The van der Waals surface area contributed by atoms with Crippen molar-refractivity contribution in [2.75, 3.05) is 0 Å². The van der Waals surface area contributed by atoms with Gasteiger partial charge in [-0.3, -0.25) is 8.80 Å². The van der Waals surface area contributed by atoms with Gasteiger partial charge in [0.25, 0.3) is 0 Å². The number of hydrogen-bond donors (Lipinski definition) is 0. The molecule has 0 N–H and O–H groups in total. The van der Waals surface area contributed by atoms with Crippen molar-refractivity contribution in [3.63, 3.8) is 0 Å². The highest BCUT2D eigenvalue weighted by atomic mass is 15.3. The first-order valence-corrected chi connectivity index (χ1v) is 9.86. The molecule has 0 saturated heterocycles. The molecule has 0 aliphatic heterocycles. The van der Waals surface area contributed by atoms with Crippen molar-refractivity contribution in [1.29, 1.82) is 0 Å². The molecule has 6 rings (SSSR count). The van der Waals surface area contributed by atoms with E-state index in [-0.39, 0.29) is 0 Å². The Morgan fingerprint density at radius 3 is 1.30 bits per heavy atom. The fourth-order valence-electron chi connectivity index (χ4n) is 3.94. The number of nitrogens with zero attached hydrogens (tertiary/aromatic N) is 6. The minimum absolute atomic E-state index is 0.690. The van der Waals surface area contributed by atoms with Crippen molar-refractivity contribution in [3.05, 3.63) is 83.9 Å². The third kappa shape index (κ3) is 2.37. The molecule has 0 aliphatic rings. The highest BCUT2D eigenvalue weighted by molar-refractivity contribution is 5.89. The SMILES string of the molecule is Cc1ccc(-c2nnc3c4nnc(-c5ccc(C)cc5)n4c4ccccc4n23)cc1. The van der Waals surface area contributed by atoms with Crippen molar-refractivity contribution in [2.24, 2.45) is 0 Å². The Morgan fingerprint density at radius 2 is 0.900 bits per heavy atom. The molecule has 6 heteroatoms. The zero-order chi connectivity index (χ0) is 20.2. The van der Waals surface area contributed by atoms with E-state index in [1.807, 2.05) is 12.1 Å². The standard InChI is InChI=1S/C24H18N6/c1-15-7-11-17(12-8-15)21-25-27-23-24-28-26-22(18-13-9-16(2)10-14-18)30(24)20-6-4-3-5-19(20)29(21)23/h3-14H,1-2H3. The van der Waals surface area contributed by atoms with Crippen LogP contribution in [0.25, 0.3) is 45.1 Å². The fraction of sp³-hybridized carbons (Fsp3) is 0.0833. The van der Waals surface area contributed by atoms with Crippen LogP contribution in [0.1, 0.15) is 11.1 Å². The Morgan fingerprint density at radius 1 is 0.500 bits per heavy atom. The fourth-order valence-corrected chi connectivity index (χ4v) is 3.94. The van der Waals surface area contributed by atoms with Crippen LogP contribution in [0.2, 0.25) is 0 Å². The summed E-state index contributed by atoms with van der Waals surface area (Å²) in [7, 11) is 0. The topological polar surface area (TPSA) is 60.4 Å². The van der Waals surface area contributed by atoms with Crippen LogP contribution in [0.15, 0.2) is 72.8 Å².